The molecular formula is C12H23NO3. The van der Waals surface area contributed by atoms with E-state index in [0.29, 0.717) is 19.0 Å². The average Bonchev–Trinajstić information content (AvgIpc) is 2.48. The fourth-order valence-electron chi connectivity index (χ4n) is 1.75. The number of carbonyl (C=O) groups is 1. The highest BCUT2D eigenvalue weighted by Gasteiger charge is 2.23. The third kappa shape index (κ3) is 4.94. The van der Waals surface area contributed by atoms with Crippen molar-refractivity contribution in [2.24, 2.45) is 0 Å². The molecule has 4 heteroatoms. The number of rotatable bonds is 4. The quantitative estimate of drug-likeness (QED) is 0.742. The van der Waals surface area contributed by atoms with Gasteiger partial charge in [-0.05, 0) is 34.1 Å². The van der Waals surface area contributed by atoms with Crippen LogP contribution in [-0.4, -0.2) is 36.9 Å². The highest BCUT2D eigenvalue weighted by molar-refractivity contribution is 5.70. The van der Waals surface area contributed by atoms with Crippen molar-refractivity contribution in [1.82, 2.24) is 5.32 Å². The Hall–Kier alpha value is -0.610. The van der Waals surface area contributed by atoms with Crippen molar-refractivity contribution in [1.29, 1.82) is 0 Å². The molecule has 0 spiro atoms. The molecule has 1 heterocycles. The molecule has 1 aliphatic rings. The van der Waals surface area contributed by atoms with E-state index in [1.54, 1.807) is 0 Å². The van der Waals surface area contributed by atoms with Crippen molar-refractivity contribution in [3.05, 3.63) is 0 Å². The van der Waals surface area contributed by atoms with Crippen molar-refractivity contribution in [2.75, 3.05) is 13.2 Å². The molecule has 1 rings (SSSR count). The Kier molecular flexibility index (Phi) is 4.74. The SMILES string of the molecule is CC1OCCC1NCCC(=O)OC(C)(C)C. The zero-order valence-electron chi connectivity index (χ0n) is 10.7. The van der Waals surface area contributed by atoms with Gasteiger partial charge >= 0.3 is 5.97 Å². The summed E-state index contributed by atoms with van der Waals surface area (Å²) in [6.45, 7) is 9.17. The summed E-state index contributed by atoms with van der Waals surface area (Å²) in [6, 6.07) is 0.377. The molecule has 1 N–H and O–H groups in total. The standard InChI is InChI=1S/C12H23NO3/c1-9-10(6-8-15-9)13-7-5-11(14)16-12(2,3)4/h9-10,13H,5-8H2,1-4H3. The van der Waals surface area contributed by atoms with Crippen LogP contribution in [0.2, 0.25) is 0 Å². The molecule has 2 atom stereocenters. The largest absolute Gasteiger partial charge is 0.460 e. The number of hydrogen-bond acceptors (Lipinski definition) is 4. The minimum atomic E-state index is -0.388. The molecule has 1 saturated heterocycles. The average molecular weight is 229 g/mol. The van der Waals surface area contributed by atoms with Crippen molar-refractivity contribution >= 4 is 5.97 Å². The smallest absolute Gasteiger partial charge is 0.307 e. The van der Waals surface area contributed by atoms with E-state index in [1.807, 2.05) is 20.8 Å². The third-order valence-electron chi connectivity index (χ3n) is 2.53. The van der Waals surface area contributed by atoms with Crippen molar-refractivity contribution < 1.29 is 14.3 Å². The Balaban J connectivity index is 2.13. The molecule has 0 aromatic carbocycles. The maximum absolute atomic E-state index is 11.4. The predicted octanol–water partition coefficient (Wildman–Crippen LogP) is 1.49. The van der Waals surface area contributed by atoms with Gasteiger partial charge < -0.3 is 14.8 Å². The number of hydrogen-bond donors (Lipinski definition) is 1. The van der Waals surface area contributed by atoms with E-state index in [2.05, 4.69) is 12.2 Å². The molecule has 94 valence electrons. The van der Waals surface area contributed by atoms with Gasteiger partial charge in [0.1, 0.15) is 5.60 Å². The number of carbonyl (C=O) groups excluding carboxylic acids is 1. The number of ether oxygens (including phenoxy) is 2. The van der Waals surface area contributed by atoms with Crippen LogP contribution in [0.4, 0.5) is 0 Å². The fourth-order valence-corrected chi connectivity index (χ4v) is 1.75. The Bertz CT molecular complexity index is 235. The zero-order valence-corrected chi connectivity index (χ0v) is 10.7. The minimum absolute atomic E-state index is 0.147. The topological polar surface area (TPSA) is 47.6 Å². The molecule has 0 saturated carbocycles. The van der Waals surface area contributed by atoms with Crippen LogP contribution in [0.1, 0.15) is 40.5 Å². The van der Waals surface area contributed by atoms with E-state index in [1.165, 1.54) is 0 Å². The summed E-state index contributed by atoms with van der Waals surface area (Å²) in [6.07, 6.45) is 1.69. The second kappa shape index (κ2) is 5.64. The van der Waals surface area contributed by atoms with Crippen LogP contribution in [0.25, 0.3) is 0 Å². The Morgan fingerprint density at radius 1 is 1.50 bits per heavy atom. The van der Waals surface area contributed by atoms with Crippen molar-refractivity contribution in [3.8, 4) is 0 Å². The van der Waals surface area contributed by atoms with Gasteiger partial charge in [-0.3, -0.25) is 4.79 Å². The lowest BCUT2D eigenvalue weighted by atomic mass is 10.1. The van der Waals surface area contributed by atoms with Gasteiger partial charge in [-0.25, -0.2) is 0 Å². The van der Waals surface area contributed by atoms with Gasteiger partial charge in [0.25, 0.3) is 0 Å². The number of nitrogens with one attached hydrogen (secondary N) is 1. The van der Waals surface area contributed by atoms with Crippen LogP contribution >= 0.6 is 0 Å². The van der Waals surface area contributed by atoms with Gasteiger partial charge in [-0.15, -0.1) is 0 Å². The summed E-state index contributed by atoms with van der Waals surface area (Å²) >= 11 is 0. The predicted molar refractivity (Wildman–Crippen MR) is 62.3 cm³/mol. The van der Waals surface area contributed by atoms with Crippen molar-refractivity contribution in [2.45, 2.75) is 58.3 Å². The van der Waals surface area contributed by atoms with Gasteiger partial charge in [-0.2, -0.15) is 0 Å². The molecule has 0 bridgehead atoms. The van der Waals surface area contributed by atoms with E-state index in [-0.39, 0.29) is 17.7 Å². The Labute approximate surface area is 97.7 Å². The second-order valence-corrected chi connectivity index (χ2v) is 5.26. The molecule has 1 aliphatic heterocycles. The first-order valence-corrected chi connectivity index (χ1v) is 5.95. The molecular weight excluding hydrogens is 206 g/mol. The summed E-state index contributed by atoms with van der Waals surface area (Å²) in [5, 5.41) is 3.32. The van der Waals surface area contributed by atoms with Crippen LogP contribution in [0.5, 0.6) is 0 Å². The van der Waals surface area contributed by atoms with E-state index < -0.39 is 0 Å². The van der Waals surface area contributed by atoms with Gasteiger partial charge in [0.15, 0.2) is 0 Å². The molecule has 0 aromatic heterocycles. The summed E-state index contributed by atoms with van der Waals surface area (Å²) < 4.78 is 10.6. The molecule has 0 amide bonds. The summed E-state index contributed by atoms with van der Waals surface area (Å²) in [5.74, 6) is -0.147. The van der Waals surface area contributed by atoms with Crippen LogP contribution < -0.4 is 5.32 Å². The van der Waals surface area contributed by atoms with Crippen LogP contribution in [0.3, 0.4) is 0 Å². The summed E-state index contributed by atoms with van der Waals surface area (Å²) in [7, 11) is 0. The van der Waals surface area contributed by atoms with Gasteiger partial charge in [0.2, 0.25) is 0 Å². The summed E-state index contributed by atoms with van der Waals surface area (Å²) in [5.41, 5.74) is -0.388. The van der Waals surface area contributed by atoms with Gasteiger partial charge in [0.05, 0.1) is 12.5 Å². The molecule has 0 radical (unpaired) electrons. The van der Waals surface area contributed by atoms with E-state index in [0.717, 1.165) is 13.0 Å². The molecule has 16 heavy (non-hydrogen) atoms. The molecule has 0 aliphatic carbocycles. The highest BCUT2D eigenvalue weighted by atomic mass is 16.6. The fraction of sp³-hybridized carbons (Fsp3) is 0.917. The van der Waals surface area contributed by atoms with Gasteiger partial charge in [0, 0.05) is 19.2 Å². The zero-order chi connectivity index (χ0) is 12.2. The monoisotopic (exact) mass is 229 g/mol. The lowest BCUT2D eigenvalue weighted by molar-refractivity contribution is -0.154. The van der Waals surface area contributed by atoms with Crippen LogP contribution in [0.15, 0.2) is 0 Å². The van der Waals surface area contributed by atoms with E-state index >= 15 is 0 Å². The normalized spacial score (nSPS) is 25.8. The summed E-state index contributed by atoms with van der Waals surface area (Å²) in [4.78, 5) is 11.4. The highest BCUT2D eigenvalue weighted by Crippen LogP contribution is 2.12. The first-order valence-electron chi connectivity index (χ1n) is 5.95. The number of esters is 1. The lowest BCUT2D eigenvalue weighted by Gasteiger charge is -2.20. The van der Waals surface area contributed by atoms with Crippen molar-refractivity contribution in [3.63, 3.8) is 0 Å². The van der Waals surface area contributed by atoms with Crippen LogP contribution in [-0.2, 0) is 14.3 Å². The second-order valence-electron chi connectivity index (χ2n) is 5.26. The lowest BCUT2D eigenvalue weighted by Crippen LogP contribution is -2.36. The van der Waals surface area contributed by atoms with E-state index in [4.69, 9.17) is 9.47 Å². The maximum Gasteiger partial charge on any atom is 0.307 e. The van der Waals surface area contributed by atoms with Crippen LogP contribution in [0, 0.1) is 0 Å². The molecule has 2 unspecified atom stereocenters. The maximum atomic E-state index is 11.4. The van der Waals surface area contributed by atoms with Gasteiger partial charge in [-0.1, -0.05) is 0 Å². The minimum Gasteiger partial charge on any atom is -0.460 e. The third-order valence-corrected chi connectivity index (χ3v) is 2.53. The molecule has 0 aromatic rings. The van der Waals surface area contributed by atoms with E-state index in [9.17, 15) is 4.79 Å². The first kappa shape index (κ1) is 13.5. The molecule has 4 nitrogen and oxygen atoms in total. The molecule has 1 fully saturated rings. The first-order chi connectivity index (χ1) is 7.38. The Morgan fingerprint density at radius 2 is 2.19 bits per heavy atom. The Morgan fingerprint density at radius 3 is 2.69 bits per heavy atom.